The van der Waals surface area contributed by atoms with Crippen LogP contribution in [0, 0.1) is 11.6 Å². The van der Waals surface area contributed by atoms with E-state index in [0.29, 0.717) is 5.56 Å². The summed E-state index contributed by atoms with van der Waals surface area (Å²) in [5.41, 5.74) is 0.442. The van der Waals surface area contributed by atoms with Crippen molar-refractivity contribution in [2.75, 3.05) is 0 Å². The second-order valence-corrected chi connectivity index (χ2v) is 5.95. The van der Waals surface area contributed by atoms with Crippen LogP contribution >= 0.6 is 23.2 Å². The molecule has 0 aromatic heterocycles. The van der Waals surface area contributed by atoms with Crippen molar-refractivity contribution >= 4 is 35.1 Å². The Labute approximate surface area is 152 Å². The minimum atomic E-state index is -1.14. The molecule has 0 heterocycles. The Balaban J connectivity index is 1.95. The average Bonchev–Trinajstić information content (AvgIpc) is 2.57. The molecule has 2 rings (SSSR count). The van der Waals surface area contributed by atoms with Crippen LogP contribution in [-0.2, 0) is 16.1 Å². The summed E-state index contributed by atoms with van der Waals surface area (Å²) in [6, 6.07) is 7.49. The van der Waals surface area contributed by atoms with E-state index < -0.39 is 23.8 Å². The minimum Gasteiger partial charge on any atom is -0.449 e. The van der Waals surface area contributed by atoms with E-state index in [1.807, 2.05) is 0 Å². The minimum absolute atomic E-state index is 0.0877. The number of ether oxygens (including phenoxy) is 1. The molecule has 0 aliphatic carbocycles. The van der Waals surface area contributed by atoms with Crippen molar-refractivity contribution in [2.45, 2.75) is 19.6 Å². The lowest BCUT2D eigenvalue weighted by molar-refractivity contribution is -0.129. The fourth-order valence-corrected chi connectivity index (χ4v) is 2.35. The van der Waals surface area contributed by atoms with Crippen molar-refractivity contribution in [1.29, 1.82) is 0 Å². The standard InChI is InChI=1S/C17H13Cl2F2NO3/c1-9(16(23)22-8-10-2-4-11(20)5-3-10)25-17(24)12-6-15(21)14(19)7-13(12)18/h2-7,9H,8H2,1H3,(H,22,23)/t9-/m0/s1. The summed E-state index contributed by atoms with van der Waals surface area (Å²) in [4.78, 5) is 24.0. The van der Waals surface area contributed by atoms with Crippen LogP contribution in [0.15, 0.2) is 36.4 Å². The van der Waals surface area contributed by atoms with Gasteiger partial charge in [-0.1, -0.05) is 35.3 Å². The lowest BCUT2D eigenvalue weighted by atomic mass is 10.2. The highest BCUT2D eigenvalue weighted by Crippen LogP contribution is 2.25. The monoisotopic (exact) mass is 387 g/mol. The Bertz CT molecular complexity index is 797. The number of hydrogen-bond acceptors (Lipinski definition) is 3. The first-order valence-corrected chi connectivity index (χ1v) is 7.91. The first-order valence-electron chi connectivity index (χ1n) is 7.15. The Morgan fingerprint density at radius 1 is 1.12 bits per heavy atom. The molecule has 0 spiro atoms. The van der Waals surface area contributed by atoms with Gasteiger partial charge in [0.05, 0.1) is 15.6 Å². The molecule has 0 saturated heterocycles. The van der Waals surface area contributed by atoms with E-state index in [4.69, 9.17) is 27.9 Å². The molecular formula is C17H13Cl2F2NO3. The van der Waals surface area contributed by atoms with E-state index in [1.54, 1.807) is 0 Å². The smallest absolute Gasteiger partial charge is 0.340 e. The molecule has 8 heteroatoms. The third-order valence-electron chi connectivity index (χ3n) is 3.26. The molecule has 25 heavy (non-hydrogen) atoms. The molecule has 2 aromatic carbocycles. The quantitative estimate of drug-likeness (QED) is 0.619. The maximum absolute atomic E-state index is 13.4. The molecule has 1 N–H and O–H groups in total. The van der Waals surface area contributed by atoms with Crippen LogP contribution in [0.25, 0.3) is 0 Å². The molecule has 1 atom stereocenters. The topological polar surface area (TPSA) is 55.4 Å². The molecule has 132 valence electrons. The van der Waals surface area contributed by atoms with Gasteiger partial charge in [0.25, 0.3) is 5.91 Å². The van der Waals surface area contributed by atoms with E-state index in [9.17, 15) is 18.4 Å². The molecule has 0 fully saturated rings. The number of hydrogen-bond donors (Lipinski definition) is 1. The van der Waals surface area contributed by atoms with Gasteiger partial charge in [-0.3, -0.25) is 4.79 Å². The zero-order valence-corrected chi connectivity index (χ0v) is 14.5. The van der Waals surface area contributed by atoms with E-state index in [2.05, 4.69) is 5.32 Å². The summed E-state index contributed by atoms with van der Waals surface area (Å²) in [5, 5.41) is 2.23. The van der Waals surface area contributed by atoms with Crippen LogP contribution in [0.3, 0.4) is 0 Å². The van der Waals surface area contributed by atoms with Crippen molar-refractivity contribution < 1.29 is 23.1 Å². The van der Waals surface area contributed by atoms with Crippen LogP contribution in [0.2, 0.25) is 10.0 Å². The Kier molecular flexibility index (Phi) is 6.33. The van der Waals surface area contributed by atoms with Crippen LogP contribution in [-0.4, -0.2) is 18.0 Å². The molecular weight excluding hydrogens is 375 g/mol. The fourth-order valence-electron chi connectivity index (χ4n) is 1.89. The number of carbonyl (C=O) groups excluding carboxylic acids is 2. The van der Waals surface area contributed by atoms with Gasteiger partial charge in [0.1, 0.15) is 11.6 Å². The molecule has 2 aromatic rings. The number of rotatable bonds is 5. The molecule has 0 unspecified atom stereocenters. The van der Waals surface area contributed by atoms with Gasteiger partial charge in [-0.25, -0.2) is 13.6 Å². The van der Waals surface area contributed by atoms with Crippen molar-refractivity contribution in [1.82, 2.24) is 5.32 Å². The Morgan fingerprint density at radius 2 is 1.76 bits per heavy atom. The van der Waals surface area contributed by atoms with Gasteiger partial charge < -0.3 is 10.1 Å². The second kappa shape index (κ2) is 8.27. The number of esters is 1. The van der Waals surface area contributed by atoms with Gasteiger partial charge in [0.2, 0.25) is 0 Å². The summed E-state index contributed by atoms with van der Waals surface area (Å²) in [6.07, 6.45) is -1.14. The van der Waals surface area contributed by atoms with Crippen molar-refractivity contribution in [3.63, 3.8) is 0 Å². The highest BCUT2D eigenvalue weighted by atomic mass is 35.5. The third-order valence-corrected chi connectivity index (χ3v) is 3.87. The predicted octanol–water partition coefficient (Wildman–Crippen LogP) is 4.13. The van der Waals surface area contributed by atoms with Gasteiger partial charge in [-0.2, -0.15) is 0 Å². The maximum atomic E-state index is 13.4. The van der Waals surface area contributed by atoms with E-state index >= 15 is 0 Å². The lowest BCUT2D eigenvalue weighted by Crippen LogP contribution is -2.35. The Morgan fingerprint density at radius 3 is 2.40 bits per heavy atom. The molecule has 0 bridgehead atoms. The highest BCUT2D eigenvalue weighted by Gasteiger charge is 2.21. The summed E-state index contributed by atoms with van der Waals surface area (Å²) in [7, 11) is 0. The maximum Gasteiger partial charge on any atom is 0.340 e. The van der Waals surface area contributed by atoms with Crippen LogP contribution in [0.4, 0.5) is 8.78 Å². The van der Waals surface area contributed by atoms with Crippen LogP contribution in [0.1, 0.15) is 22.8 Å². The summed E-state index contributed by atoms with van der Waals surface area (Å²) < 4.78 is 31.2. The van der Waals surface area contributed by atoms with Crippen LogP contribution < -0.4 is 5.32 Å². The summed E-state index contributed by atoms with van der Waals surface area (Å²) in [5.74, 6) is -2.73. The first-order chi connectivity index (χ1) is 11.8. The largest absolute Gasteiger partial charge is 0.449 e. The zero-order valence-electron chi connectivity index (χ0n) is 13.0. The van der Waals surface area contributed by atoms with Gasteiger partial charge in [0.15, 0.2) is 6.10 Å². The van der Waals surface area contributed by atoms with Gasteiger partial charge >= 0.3 is 5.97 Å². The molecule has 0 radical (unpaired) electrons. The second-order valence-electron chi connectivity index (χ2n) is 5.14. The summed E-state index contributed by atoms with van der Waals surface area (Å²) >= 11 is 11.4. The number of benzene rings is 2. The molecule has 0 aliphatic heterocycles. The number of amides is 1. The van der Waals surface area contributed by atoms with Gasteiger partial charge in [-0.05, 0) is 36.8 Å². The zero-order chi connectivity index (χ0) is 18.6. The van der Waals surface area contributed by atoms with Gasteiger partial charge in [-0.15, -0.1) is 0 Å². The van der Waals surface area contributed by atoms with Crippen molar-refractivity contribution in [3.8, 4) is 0 Å². The SMILES string of the molecule is C[C@H](OC(=O)c1cc(F)c(Cl)cc1Cl)C(=O)NCc1ccc(F)cc1. The van der Waals surface area contributed by atoms with E-state index in [1.165, 1.54) is 31.2 Å². The highest BCUT2D eigenvalue weighted by molar-refractivity contribution is 6.36. The Hall–Kier alpha value is -2.18. The summed E-state index contributed by atoms with van der Waals surface area (Å²) in [6.45, 7) is 1.50. The van der Waals surface area contributed by atoms with Crippen LogP contribution in [0.5, 0.6) is 0 Å². The molecule has 1 amide bonds. The molecule has 4 nitrogen and oxygen atoms in total. The number of nitrogens with one attached hydrogen (secondary N) is 1. The number of carbonyl (C=O) groups is 2. The predicted molar refractivity (Wildman–Crippen MR) is 89.5 cm³/mol. The molecule has 0 aliphatic rings. The normalized spacial score (nSPS) is 11.7. The van der Waals surface area contributed by atoms with E-state index in [0.717, 1.165) is 12.1 Å². The lowest BCUT2D eigenvalue weighted by Gasteiger charge is -2.14. The van der Waals surface area contributed by atoms with E-state index in [-0.39, 0.29) is 28.0 Å². The first kappa shape index (κ1) is 19.1. The average molecular weight is 388 g/mol. The van der Waals surface area contributed by atoms with Crippen molar-refractivity contribution in [2.24, 2.45) is 0 Å². The third kappa shape index (κ3) is 5.14. The fraction of sp³-hybridized carbons (Fsp3) is 0.176. The van der Waals surface area contributed by atoms with Crippen molar-refractivity contribution in [3.05, 3.63) is 69.2 Å². The molecule has 0 saturated carbocycles. The number of halogens is 4. The van der Waals surface area contributed by atoms with Gasteiger partial charge in [0, 0.05) is 6.54 Å².